The molecule has 1 aromatic carbocycles. The van der Waals surface area contributed by atoms with Gasteiger partial charge in [-0.1, -0.05) is 11.8 Å². The molecule has 19 heavy (non-hydrogen) atoms. The monoisotopic (exact) mass is 266 g/mol. The SMILES string of the molecule is COCCC(C)Oc1ccc(C#CCCO)c(F)c1. The maximum atomic E-state index is 13.7. The van der Waals surface area contributed by atoms with E-state index in [2.05, 4.69) is 11.8 Å². The van der Waals surface area contributed by atoms with E-state index in [1.54, 1.807) is 19.2 Å². The molecule has 0 heterocycles. The minimum absolute atomic E-state index is 0.0210. The highest BCUT2D eigenvalue weighted by molar-refractivity contribution is 5.39. The minimum Gasteiger partial charge on any atom is -0.491 e. The zero-order valence-electron chi connectivity index (χ0n) is 11.3. The van der Waals surface area contributed by atoms with Crippen molar-refractivity contribution < 1.29 is 19.0 Å². The average Bonchev–Trinajstić information content (AvgIpc) is 2.39. The van der Waals surface area contributed by atoms with Gasteiger partial charge in [-0.2, -0.15) is 0 Å². The van der Waals surface area contributed by atoms with E-state index >= 15 is 0 Å². The van der Waals surface area contributed by atoms with Crippen molar-refractivity contribution in [1.82, 2.24) is 0 Å². The van der Waals surface area contributed by atoms with Gasteiger partial charge in [-0.15, -0.1) is 0 Å². The molecule has 0 aliphatic heterocycles. The number of benzene rings is 1. The van der Waals surface area contributed by atoms with Crippen molar-refractivity contribution in [3.8, 4) is 17.6 Å². The third-order valence-corrected chi connectivity index (χ3v) is 2.47. The lowest BCUT2D eigenvalue weighted by atomic mass is 10.2. The van der Waals surface area contributed by atoms with E-state index in [4.69, 9.17) is 14.6 Å². The summed E-state index contributed by atoms with van der Waals surface area (Å²) < 4.78 is 24.2. The number of rotatable bonds is 6. The molecule has 0 fully saturated rings. The Bertz CT molecular complexity index is 448. The number of aliphatic hydroxyl groups is 1. The van der Waals surface area contributed by atoms with Crippen LogP contribution in [0.5, 0.6) is 5.75 Å². The molecule has 0 aliphatic carbocycles. The quantitative estimate of drug-likeness (QED) is 0.803. The highest BCUT2D eigenvalue weighted by atomic mass is 19.1. The lowest BCUT2D eigenvalue weighted by Gasteiger charge is -2.14. The van der Waals surface area contributed by atoms with Gasteiger partial charge in [0.05, 0.1) is 18.3 Å². The first-order chi connectivity index (χ1) is 9.17. The van der Waals surface area contributed by atoms with Crippen LogP contribution in [-0.2, 0) is 4.74 Å². The molecule has 1 atom stereocenters. The van der Waals surface area contributed by atoms with Gasteiger partial charge >= 0.3 is 0 Å². The van der Waals surface area contributed by atoms with Crippen molar-refractivity contribution in [3.63, 3.8) is 0 Å². The fourth-order valence-electron chi connectivity index (χ4n) is 1.46. The number of hydrogen-bond donors (Lipinski definition) is 1. The predicted octanol–water partition coefficient (Wildman–Crippen LogP) is 2.36. The lowest BCUT2D eigenvalue weighted by molar-refractivity contribution is 0.135. The summed E-state index contributed by atoms with van der Waals surface area (Å²) >= 11 is 0. The first kappa shape index (κ1) is 15.5. The summed E-state index contributed by atoms with van der Waals surface area (Å²) in [7, 11) is 1.63. The van der Waals surface area contributed by atoms with Crippen molar-refractivity contribution >= 4 is 0 Å². The number of aliphatic hydroxyl groups excluding tert-OH is 1. The first-order valence-corrected chi connectivity index (χ1v) is 6.22. The smallest absolute Gasteiger partial charge is 0.142 e. The maximum absolute atomic E-state index is 13.7. The molecule has 1 aromatic rings. The molecule has 0 aliphatic rings. The van der Waals surface area contributed by atoms with Crippen molar-refractivity contribution in [2.45, 2.75) is 25.9 Å². The Morgan fingerprint density at radius 1 is 1.42 bits per heavy atom. The van der Waals surface area contributed by atoms with Crippen LogP contribution in [0.25, 0.3) is 0 Å². The van der Waals surface area contributed by atoms with Crippen molar-refractivity contribution in [2.24, 2.45) is 0 Å². The zero-order valence-corrected chi connectivity index (χ0v) is 11.3. The molecule has 4 heteroatoms. The van der Waals surface area contributed by atoms with Gasteiger partial charge < -0.3 is 14.6 Å². The normalized spacial score (nSPS) is 11.6. The van der Waals surface area contributed by atoms with Gasteiger partial charge in [-0.25, -0.2) is 4.39 Å². The molecule has 0 saturated heterocycles. The molecule has 1 N–H and O–H groups in total. The van der Waals surface area contributed by atoms with Crippen LogP contribution in [-0.4, -0.2) is 31.5 Å². The third kappa shape index (κ3) is 5.73. The van der Waals surface area contributed by atoms with E-state index in [9.17, 15) is 4.39 Å². The second-order valence-corrected chi connectivity index (χ2v) is 4.13. The molecule has 104 valence electrons. The zero-order chi connectivity index (χ0) is 14.1. The van der Waals surface area contributed by atoms with Crippen LogP contribution in [0.2, 0.25) is 0 Å². The summed E-state index contributed by atoms with van der Waals surface area (Å²) in [6.45, 7) is 2.49. The van der Waals surface area contributed by atoms with Crippen LogP contribution in [0, 0.1) is 17.7 Å². The summed E-state index contributed by atoms with van der Waals surface area (Å²) in [6, 6.07) is 4.60. The standard InChI is InChI=1S/C15H19FO3/c1-12(8-10-18-2)19-14-7-6-13(15(16)11-14)5-3-4-9-17/h6-7,11-12,17H,4,8-10H2,1-2H3. The van der Waals surface area contributed by atoms with Gasteiger partial charge in [-0.05, 0) is 19.1 Å². The second kappa shape index (κ2) is 8.52. The predicted molar refractivity (Wildman–Crippen MR) is 71.6 cm³/mol. The van der Waals surface area contributed by atoms with Gasteiger partial charge in [0.15, 0.2) is 0 Å². The Kier molecular flexibility index (Phi) is 6.94. The number of methoxy groups -OCH3 is 1. The highest BCUT2D eigenvalue weighted by Gasteiger charge is 2.06. The minimum atomic E-state index is -0.415. The van der Waals surface area contributed by atoms with E-state index in [1.807, 2.05) is 6.92 Å². The largest absolute Gasteiger partial charge is 0.491 e. The van der Waals surface area contributed by atoms with Crippen molar-refractivity contribution in [2.75, 3.05) is 20.3 Å². The van der Waals surface area contributed by atoms with Crippen molar-refractivity contribution in [1.29, 1.82) is 0 Å². The van der Waals surface area contributed by atoms with Crippen molar-refractivity contribution in [3.05, 3.63) is 29.6 Å². The Morgan fingerprint density at radius 2 is 2.21 bits per heavy atom. The fraction of sp³-hybridized carbons (Fsp3) is 0.467. The lowest BCUT2D eigenvalue weighted by Crippen LogP contribution is -2.14. The molecular weight excluding hydrogens is 247 g/mol. The van der Waals surface area contributed by atoms with Gasteiger partial charge in [0.25, 0.3) is 0 Å². The summed E-state index contributed by atoms with van der Waals surface area (Å²) in [6.07, 6.45) is 1.05. The molecule has 1 unspecified atom stereocenters. The van der Waals surface area contributed by atoms with E-state index in [0.29, 0.717) is 24.3 Å². The van der Waals surface area contributed by atoms with E-state index in [1.165, 1.54) is 6.07 Å². The fourth-order valence-corrected chi connectivity index (χ4v) is 1.46. The van der Waals surface area contributed by atoms with Crippen LogP contribution in [0.3, 0.4) is 0 Å². The summed E-state index contributed by atoms with van der Waals surface area (Å²) in [5, 5.41) is 8.60. The van der Waals surface area contributed by atoms with Gasteiger partial charge in [0.1, 0.15) is 11.6 Å². The van der Waals surface area contributed by atoms with Gasteiger partial charge in [0.2, 0.25) is 0 Å². The molecule has 0 bridgehead atoms. The van der Waals surface area contributed by atoms with Gasteiger partial charge in [0, 0.05) is 32.6 Å². The Labute approximate surface area is 113 Å². The first-order valence-electron chi connectivity index (χ1n) is 6.22. The molecule has 3 nitrogen and oxygen atoms in total. The highest BCUT2D eigenvalue weighted by Crippen LogP contribution is 2.18. The summed E-state index contributed by atoms with van der Waals surface area (Å²) in [5.74, 6) is 5.42. The Morgan fingerprint density at radius 3 is 2.84 bits per heavy atom. The second-order valence-electron chi connectivity index (χ2n) is 4.13. The van der Waals surface area contributed by atoms with E-state index in [0.717, 1.165) is 6.42 Å². The van der Waals surface area contributed by atoms with Crippen LogP contribution in [0.4, 0.5) is 4.39 Å². The van der Waals surface area contributed by atoms with Crippen LogP contribution >= 0.6 is 0 Å². The Hall–Kier alpha value is -1.57. The summed E-state index contributed by atoms with van der Waals surface area (Å²) in [5.41, 5.74) is 0.311. The van der Waals surface area contributed by atoms with Gasteiger partial charge in [-0.3, -0.25) is 0 Å². The number of hydrogen-bond acceptors (Lipinski definition) is 3. The third-order valence-electron chi connectivity index (χ3n) is 2.47. The van der Waals surface area contributed by atoms with E-state index in [-0.39, 0.29) is 12.7 Å². The number of ether oxygens (including phenoxy) is 2. The molecule has 0 saturated carbocycles. The molecule has 0 radical (unpaired) electrons. The topological polar surface area (TPSA) is 38.7 Å². The Balaban J connectivity index is 2.64. The molecule has 1 rings (SSSR count). The van der Waals surface area contributed by atoms with Crippen LogP contribution < -0.4 is 4.74 Å². The summed E-state index contributed by atoms with van der Waals surface area (Å²) in [4.78, 5) is 0. The van der Waals surface area contributed by atoms with Crippen LogP contribution in [0.15, 0.2) is 18.2 Å². The number of halogens is 1. The van der Waals surface area contributed by atoms with Crippen LogP contribution in [0.1, 0.15) is 25.3 Å². The molecular formula is C15H19FO3. The molecule has 0 aromatic heterocycles. The molecule has 0 amide bonds. The van der Waals surface area contributed by atoms with E-state index < -0.39 is 5.82 Å². The molecule has 0 spiro atoms. The average molecular weight is 266 g/mol. The maximum Gasteiger partial charge on any atom is 0.142 e.